The van der Waals surface area contributed by atoms with Gasteiger partial charge in [-0.1, -0.05) is 17.7 Å². The third kappa shape index (κ3) is 2.80. The summed E-state index contributed by atoms with van der Waals surface area (Å²) in [6.07, 6.45) is 3.98. The van der Waals surface area contributed by atoms with Crippen LogP contribution in [0.1, 0.15) is 18.4 Å². The molecular formula is C16H19ClN2O. The fourth-order valence-electron chi connectivity index (χ4n) is 2.89. The maximum atomic E-state index is 9.20. The van der Waals surface area contributed by atoms with E-state index in [1.807, 2.05) is 24.4 Å². The second-order valence-corrected chi connectivity index (χ2v) is 5.92. The zero-order chi connectivity index (χ0) is 13.9. The highest BCUT2D eigenvalue weighted by Gasteiger charge is 2.19. The van der Waals surface area contributed by atoms with Crippen LogP contribution >= 0.6 is 11.6 Å². The quantitative estimate of drug-likeness (QED) is 0.944. The second kappa shape index (κ2) is 6.08. The molecular weight excluding hydrogens is 272 g/mol. The van der Waals surface area contributed by atoms with E-state index >= 15 is 0 Å². The van der Waals surface area contributed by atoms with Crippen LogP contribution in [0.4, 0.5) is 0 Å². The first-order valence-electron chi connectivity index (χ1n) is 7.13. The van der Waals surface area contributed by atoms with Crippen molar-refractivity contribution in [2.45, 2.75) is 19.4 Å². The first-order chi connectivity index (χ1) is 9.78. The molecule has 4 heteroatoms. The van der Waals surface area contributed by atoms with Gasteiger partial charge in [-0.2, -0.15) is 0 Å². The van der Waals surface area contributed by atoms with Crippen LogP contribution in [0.2, 0.25) is 5.02 Å². The van der Waals surface area contributed by atoms with Crippen molar-refractivity contribution in [2.24, 2.45) is 5.92 Å². The molecule has 0 saturated carbocycles. The number of fused-ring (bicyclic) bond motifs is 1. The number of pyridine rings is 1. The average Bonchev–Trinajstić information content (AvgIpc) is 2.51. The van der Waals surface area contributed by atoms with E-state index in [1.165, 1.54) is 5.56 Å². The lowest BCUT2D eigenvalue weighted by molar-refractivity contribution is 0.127. The van der Waals surface area contributed by atoms with Crippen LogP contribution in [0, 0.1) is 5.92 Å². The Hall–Kier alpha value is -1.16. The molecule has 0 spiro atoms. The Balaban J connectivity index is 1.80. The summed E-state index contributed by atoms with van der Waals surface area (Å²) in [7, 11) is 0. The summed E-state index contributed by atoms with van der Waals surface area (Å²) in [6.45, 7) is 3.31. The van der Waals surface area contributed by atoms with Crippen molar-refractivity contribution < 1.29 is 5.11 Å². The van der Waals surface area contributed by atoms with Gasteiger partial charge in [0.25, 0.3) is 0 Å². The van der Waals surface area contributed by atoms with Gasteiger partial charge in [0.05, 0.1) is 5.52 Å². The second-order valence-electron chi connectivity index (χ2n) is 5.51. The smallest absolute Gasteiger partial charge is 0.0761 e. The van der Waals surface area contributed by atoms with Crippen molar-refractivity contribution in [2.75, 3.05) is 19.7 Å². The Morgan fingerprint density at radius 2 is 2.05 bits per heavy atom. The predicted octanol–water partition coefficient (Wildman–Crippen LogP) is 3.09. The largest absolute Gasteiger partial charge is 0.396 e. The van der Waals surface area contributed by atoms with E-state index in [1.54, 1.807) is 0 Å². The molecule has 1 saturated heterocycles. The molecule has 0 atom stereocenters. The molecule has 1 aliphatic heterocycles. The number of rotatable bonds is 3. The SMILES string of the molecule is OCC1CCN(Cc2ccc(Cl)c3cccnc23)CC1. The molecule has 1 fully saturated rings. The molecule has 1 aromatic carbocycles. The van der Waals surface area contributed by atoms with Crippen LogP contribution < -0.4 is 0 Å². The van der Waals surface area contributed by atoms with Crippen LogP contribution in [-0.4, -0.2) is 34.7 Å². The van der Waals surface area contributed by atoms with Crippen LogP contribution in [-0.2, 0) is 6.54 Å². The molecule has 1 aliphatic rings. The molecule has 0 aliphatic carbocycles. The van der Waals surface area contributed by atoms with Gasteiger partial charge < -0.3 is 5.11 Å². The third-order valence-electron chi connectivity index (χ3n) is 4.16. The Morgan fingerprint density at radius 3 is 2.80 bits per heavy atom. The Bertz CT molecular complexity index is 594. The summed E-state index contributed by atoms with van der Waals surface area (Å²) in [4.78, 5) is 6.92. The average molecular weight is 291 g/mol. The standard InChI is InChI=1S/C16H19ClN2O/c17-15-4-3-13(16-14(15)2-1-7-18-16)10-19-8-5-12(11-20)6-9-19/h1-4,7,12,20H,5-6,8-11H2. The molecule has 3 nitrogen and oxygen atoms in total. The molecule has 1 aromatic heterocycles. The molecule has 0 amide bonds. The number of hydrogen-bond donors (Lipinski definition) is 1. The van der Waals surface area contributed by atoms with Crippen molar-refractivity contribution >= 4 is 22.5 Å². The highest BCUT2D eigenvalue weighted by Crippen LogP contribution is 2.26. The van der Waals surface area contributed by atoms with E-state index in [0.717, 1.165) is 48.4 Å². The Kier molecular flexibility index (Phi) is 4.20. The van der Waals surface area contributed by atoms with Gasteiger partial charge in [0.2, 0.25) is 0 Å². The van der Waals surface area contributed by atoms with Crippen molar-refractivity contribution in [1.82, 2.24) is 9.88 Å². The number of piperidine rings is 1. The molecule has 3 rings (SSSR count). The van der Waals surface area contributed by atoms with Gasteiger partial charge in [0.1, 0.15) is 0 Å². The van der Waals surface area contributed by atoms with E-state index < -0.39 is 0 Å². The van der Waals surface area contributed by atoms with E-state index in [2.05, 4.69) is 16.0 Å². The Labute approximate surface area is 124 Å². The van der Waals surface area contributed by atoms with E-state index in [4.69, 9.17) is 11.6 Å². The van der Waals surface area contributed by atoms with Gasteiger partial charge in [-0.15, -0.1) is 0 Å². The lowest BCUT2D eigenvalue weighted by Gasteiger charge is -2.31. The third-order valence-corrected chi connectivity index (χ3v) is 4.49. The van der Waals surface area contributed by atoms with Gasteiger partial charge in [-0.25, -0.2) is 0 Å². The minimum absolute atomic E-state index is 0.319. The number of aromatic nitrogens is 1. The zero-order valence-corrected chi connectivity index (χ0v) is 12.2. The fourth-order valence-corrected chi connectivity index (χ4v) is 3.11. The summed E-state index contributed by atoms with van der Waals surface area (Å²) >= 11 is 6.23. The van der Waals surface area contributed by atoms with Crippen molar-refractivity contribution in [1.29, 1.82) is 0 Å². The van der Waals surface area contributed by atoms with Crippen molar-refractivity contribution in [3.63, 3.8) is 0 Å². The summed E-state index contributed by atoms with van der Waals surface area (Å²) in [6, 6.07) is 7.98. The number of likely N-dealkylation sites (tertiary alicyclic amines) is 1. The number of hydrogen-bond acceptors (Lipinski definition) is 3. The van der Waals surface area contributed by atoms with Crippen molar-refractivity contribution in [3.05, 3.63) is 41.0 Å². The molecule has 0 bridgehead atoms. The number of benzene rings is 1. The first-order valence-corrected chi connectivity index (χ1v) is 7.51. The van der Waals surface area contributed by atoms with Crippen LogP contribution in [0.25, 0.3) is 10.9 Å². The molecule has 106 valence electrons. The molecule has 2 aromatic rings. The monoisotopic (exact) mass is 290 g/mol. The van der Waals surface area contributed by atoms with Crippen LogP contribution in [0.15, 0.2) is 30.5 Å². The fraction of sp³-hybridized carbons (Fsp3) is 0.438. The first kappa shape index (κ1) is 13.8. The maximum Gasteiger partial charge on any atom is 0.0761 e. The number of aliphatic hydroxyl groups excluding tert-OH is 1. The normalized spacial score (nSPS) is 17.7. The summed E-state index contributed by atoms with van der Waals surface area (Å²) in [5.41, 5.74) is 2.23. The highest BCUT2D eigenvalue weighted by molar-refractivity contribution is 6.35. The van der Waals surface area contributed by atoms with Gasteiger partial charge in [0, 0.05) is 29.8 Å². The summed E-state index contributed by atoms with van der Waals surface area (Å²) in [5, 5.41) is 11.0. The molecule has 20 heavy (non-hydrogen) atoms. The lowest BCUT2D eigenvalue weighted by Crippen LogP contribution is -2.34. The topological polar surface area (TPSA) is 36.4 Å². The van der Waals surface area contributed by atoms with E-state index in [9.17, 15) is 5.11 Å². The number of nitrogens with zero attached hydrogens (tertiary/aromatic N) is 2. The molecule has 1 N–H and O–H groups in total. The molecule has 0 unspecified atom stereocenters. The minimum Gasteiger partial charge on any atom is -0.396 e. The van der Waals surface area contributed by atoms with Crippen LogP contribution in [0.5, 0.6) is 0 Å². The minimum atomic E-state index is 0.319. The van der Waals surface area contributed by atoms with Crippen LogP contribution in [0.3, 0.4) is 0 Å². The number of halogens is 1. The highest BCUT2D eigenvalue weighted by atomic mass is 35.5. The van der Waals surface area contributed by atoms with Gasteiger partial charge in [-0.3, -0.25) is 9.88 Å². The van der Waals surface area contributed by atoms with Gasteiger partial charge in [0.15, 0.2) is 0 Å². The summed E-state index contributed by atoms with van der Waals surface area (Å²) in [5.74, 6) is 0.478. The lowest BCUT2D eigenvalue weighted by atomic mass is 9.97. The molecule has 0 radical (unpaired) electrons. The Morgan fingerprint density at radius 1 is 1.25 bits per heavy atom. The molecule has 2 heterocycles. The van der Waals surface area contributed by atoms with Gasteiger partial charge in [-0.05, 0) is 55.6 Å². The van der Waals surface area contributed by atoms with Gasteiger partial charge >= 0.3 is 0 Å². The van der Waals surface area contributed by atoms with E-state index in [0.29, 0.717) is 12.5 Å². The predicted molar refractivity (Wildman–Crippen MR) is 81.8 cm³/mol. The maximum absolute atomic E-state index is 9.20. The van der Waals surface area contributed by atoms with E-state index in [-0.39, 0.29) is 0 Å². The number of aliphatic hydroxyl groups is 1. The summed E-state index contributed by atoms with van der Waals surface area (Å²) < 4.78 is 0. The van der Waals surface area contributed by atoms with Crippen molar-refractivity contribution in [3.8, 4) is 0 Å². The zero-order valence-electron chi connectivity index (χ0n) is 11.4.